The van der Waals surface area contributed by atoms with Gasteiger partial charge < -0.3 is 10.1 Å². The minimum atomic E-state index is -4.47. The Morgan fingerprint density at radius 3 is 2.74 bits per heavy atom. The Hall–Kier alpha value is -2.09. The molecule has 0 aromatic heterocycles. The lowest BCUT2D eigenvalue weighted by atomic mass is 10.0. The first kappa shape index (κ1) is 17.3. The summed E-state index contributed by atoms with van der Waals surface area (Å²) in [6.07, 6.45) is -4.66. The first-order valence-corrected chi connectivity index (χ1v) is 7.06. The number of hydrogen-bond donors (Lipinski definition) is 1. The summed E-state index contributed by atoms with van der Waals surface area (Å²) in [5.74, 6) is -0.965. The second-order valence-electron chi connectivity index (χ2n) is 5.21. The molecule has 126 valence electrons. The van der Waals surface area contributed by atoms with Crippen molar-refractivity contribution < 1.29 is 27.5 Å². The Bertz CT molecular complexity index is 590. The molecule has 1 heterocycles. The summed E-state index contributed by atoms with van der Waals surface area (Å²) in [6, 6.07) is 4.39. The Balaban J connectivity index is 2.23. The maximum Gasteiger partial charge on any atom is 0.416 e. The molecule has 0 aliphatic carbocycles. The highest BCUT2D eigenvalue weighted by Crippen LogP contribution is 2.32. The number of carbonyl (C=O) groups is 2. The normalized spacial score (nSPS) is 19.3. The van der Waals surface area contributed by atoms with Crippen LogP contribution in [0.1, 0.15) is 17.5 Å². The molecule has 1 saturated heterocycles. The predicted octanol–water partition coefficient (Wildman–Crippen LogP) is 1.57. The number of piperazine rings is 1. The Morgan fingerprint density at radius 1 is 1.39 bits per heavy atom. The predicted molar refractivity (Wildman–Crippen MR) is 75.3 cm³/mol. The largest absolute Gasteiger partial charge is 0.469 e. The Labute approximate surface area is 131 Å². The van der Waals surface area contributed by atoms with Crippen molar-refractivity contribution >= 4 is 11.9 Å². The van der Waals surface area contributed by atoms with Gasteiger partial charge in [-0.25, -0.2) is 0 Å². The first-order valence-electron chi connectivity index (χ1n) is 7.06. The standard InChI is InChI=1S/C15H17F3N2O3/c1-23-13(21)8-12-14(22)19-6-7-20(12)9-10-4-2-3-5-11(10)15(16,17)18/h2-5,12H,6-9H2,1H3,(H,19,22)/t12-/m0/s1. The van der Waals surface area contributed by atoms with Gasteiger partial charge in [-0.2, -0.15) is 13.2 Å². The number of ether oxygens (including phenoxy) is 1. The summed E-state index contributed by atoms with van der Waals surface area (Å²) in [7, 11) is 1.20. The van der Waals surface area contributed by atoms with Crippen molar-refractivity contribution in [1.29, 1.82) is 0 Å². The number of nitrogens with one attached hydrogen (secondary N) is 1. The molecule has 2 rings (SSSR count). The molecule has 1 atom stereocenters. The van der Waals surface area contributed by atoms with Crippen LogP contribution < -0.4 is 5.32 Å². The number of hydrogen-bond acceptors (Lipinski definition) is 4. The van der Waals surface area contributed by atoms with E-state index < -0.39 is 23.8 Å². The highest BCUT2D eigenvalue weighted by atomic mass is 19.4. The molecule has 5 nitrogen and oxygen atoms in total. The van der Waals surface area contributed by atoms with E-state index in [9.17, 15) is 22.8 Å². The van der Waals surface area contributed by atoms with Crippen molar-refractivity contribution in [1.82, 2.24) is 10.2 Å². The van der Waals surface area contributed by atoms with Gasteiger partial charge in [0.1, 0.15) is 6.04 Å². The third-order valence-electron chi connectivity index (χ3n) is 3.73. The van der Waals surface area contributed by atoms with Gasteiger partial charge >= 0.3 is 12.1 Å². The smallest absolute Gasteiger partial charge is 0.416 e. The van der Waals surface area contributed by atoms with E-state index in [0.29, 0.717) is 13.1 Å². The van der Waals surface area contributed by atoms with E-state index in [2.05, 4.69) is 10.1 Å². The van der Waals surface area contributed by atoms with E-state index in [1.165, 1.54) is 25.3 Å². The van der Waals surface area contributed by atoms with Crippen LogP contribution in [0, 0.1) is 0 Å². The number of halogens is 3. The summed E-state index contributed by atoms with van der Waals surface area (Å²) < 4.78 is 43.8. The van der Waals surface area contributed by atoms with Gasteiger partial charge in [0.15, 0.2) is 0 Å². The number of esters is 1. The lowest BCUT2D eigenvalue weighted by molar-refractivity contribution is -0.146. The van der Waals surface area contributed by atoms with Gasteiger partial charge in [0.2, 0.25) is 5.91 Å². The van der Waals surface area contributed by atoms with Crippen LogP contribution in [-0.4, -0.2) is 43.0 Å². The lowest BCUT2D eigenvalue weighted by Gasteiger charge is -2.34. The molecule has 1 aromatic carbocycles. The number of amides is 1. The first-order chi connectivity index (χ1) is 10.8. The average Bonchev–Trinajstić information content (AvgIpc) is 2.50. The molecule has 1 amide bonds. The van der Waals surface area contributed by atoms with Crippen LogP contribution in [0.4, 0.5) is 13.2 Å². The van der Waals surface area contributed by atoms with Crippen molar-refractivity contribution in [2.45, 2.75) is 25.2 Å². The van der Waals surface area contributed by atoms with Crippen LogP contribution in [0.3, 0.4) is 0 Å². The second-order valence-corrected chi connectivity index (χ2v) is 5.21. The van der Waals surface area contributed by atoms with Gasteiger partial charge in [-0.3, -0.25) is 14.5 Å². The van der Waals surface area contributed by atoms with E-state index in [4.69, 9.17) is 0 Å². The lowest BCUT2D eigenvalue weighted by Crippen LogP contribution is -2.55. The van der Waals surface area contributed by atoms with E-state index >= 15 is 0 Å². The highest BCUT2D eigenvalue weighted by molar-refractivity contribution is 5.87. The molecule has 1 aliphatic rings. The Morgan fingerprint density at radius 2 is 2.09 bits per heavy atom. The zero-order valence-electron chi connectivity index (χ0n) is 12.5. The molecule has 1 aromatic rings. The number of rotatable bonds is 4. The molecule has 0 saturated carbocycles. The molecule has 1 N–H and O–H groups in total. The zero-order chi connectivity index (χ0) is 17.0. The molecular formula is C15H17F3N2O3. The summed E-state index contributed by atoms with van der Waals surface area (Å²) in [4.78, 5) is 25.0. The topological polar surface area (TPSA) is 58.6 Å². The highest BCUT2D eigenvalue weighted by Gasteiger charge is 2.36. The van der Waals surface area contributed by atoms with Crippen molar-refractivity contribution in [3.05, 3.63) is 35.4 Å². The molecular weight excluding hydrogens is 313 g/mol. The van der Waals surface area contributed by atoms with E-state index in [1.807, 2.05) is 0 Å². The molecule has 1 fully saturated rings. The van der Waals surface area contributed by atoms with Crippen LogP contribution in [0.15, 0.2) is 24.3 Å². The number of methoxy groups -OCH3 is 1. The molecule has 1 aliphatic heterocycles. The van der Waals surface area contributed by atoms with Gasteiger partial charge in [-0.15, -0.1) is 0 Å². The molecule has 0 unspecified atom stereocenters. The summed E-state index contributed by atoms with van der Waals surface area (Å²) in [5.41, 5.74) is -0.660. The second kappa shape index (κ2) is 6.99. The minimum Gasteiger partial charge on any atom is -0.469 e. The number of alkyl halides is 3. The fourth-order valence-electron chi connectivity index (χ4n) is 2.57. The van der Waals surface area contributed by atoms with Gasteiger partial charge in [0.25, 0.3) is 0 Å². The third-order valence-corrected chi connectivity index (χ3v) is 3.73. The molecule has 8 heteroatoms. The van der Waals surface area contributed by atoms with Crippen molar-refractivity contribution in [2.75, 3.05) is 20.2 Å². The number of carbonyl (C=O) groups excluding carboxylic acids is 2. The van der Waals surface area contributed by atoms with Crippen LogP contribution in [-0.2, 0) is 27.0 Å². The zero-order valence-corrected chi connectivity index (χ0v) is 12.5. The van der Waals surface area contributed by atoms with Crippen molar-refractivity contribution in [3.8, 4) is 0 Å². The van der Waals surface area contributed by atoms with Gasteiger partial charge in [-0.05, 0) is 11.6 Å². The van der Waals surface area contributed by atoms with Crippen molar-refractivity contribution in [2.24, 2.45) is 0 Å². The van der Waals surface area contributed by atoms with E-state index in [0.717, 1.165) is 6.07 Å². The van der Waals surface area contributed by atoms with Crippen molar-refractivity contribution in [3.63, 3.8) is 0 Å². The number of nitrogens with zero attached hydrogens (tertiary/aromatic N) is 1. The summed E-state index contributed by atoms with van der Waals surface area (Å²) in [5, 5.41) is 2.61. The third kappa shape index (κ3) is 4.22. The van der Waals surface area contributed by atoms with Crippen LogP contribution in [0.5, 0.6) is 0 Å². The molecule has 0 bridgehead atoms. The fraction of sp³-hybridized carbons (Fsp3) is 0.467. The maximum atomic E-state index is 13.1. The molecule has 0 spiro atoms. The summed E-state index contributed by atoms with van der Waals surface area (Å²) >= 11 is 0. The van der Waals surface area contributed by atoms with Gasteiger partial charge in [-0.1, -0.05) is 18.2 Å². The van der Waals surface area contributed by atoms with Crippen LogP contribution >= 0.6 is 0 Å². The van der Waals surface area contributed by atoms with Gasteiger partial charge in [0.05, 0.1) is 19.1 Å². The van der Waals surface area contributed by atoms with Crippen LogP contribution in [0.2, 0.25) is 0 Å². The minimum absolute atomic E-state index is 0.0647. The molecule has 0 radical (unpaired) electrons. The van der Waals surface area contributed by atoms with E-state index in [-0.39, 0.29) is 24.4 Å². The SMILES string of the molecule is COC(=O)C[C@H]1C(=O)NCCN1Cc1ccccc1C(F)(F)F. The number of benzene rings is 1. The Kier molecular flexibility index (Phi) is 5.25. The average molecular weight is 330 g/mol. The molecule has 23 heavy (non-hydrogen) atoms. The van der Waals surface area contributed by atoms with Crippen LogP contribution in [0.25, 0.3) is 0 Å². The van der Waals surface area contributed by atoms with E-state index in [1.54, 1.807) is 4.90 Å². The quantitative estimate of drug-likeness (QED) is 0.852. The van der Waals surface area contributed by atoms with Gasteiger partial charge in [0, 0.05) is 19.6 Å². The fourth-order valence-corrected chi connectivity index (χ4v) is 2.57. The maximum absolute atomic E-state index is 13.1. The monoisotopic (exact) mass is 330 g/mol. The summed E-state index contributed by atoms with van der Waals surface area (Å²) in [6.45, 7) is 0.620.